The Kier molecular flexibility index (Phi) is 4.16. The first-order valence-corrected chi connectivity index (χ1v) is 9.89. The third kappa shape index (κ3) is 2.83. The Hall–Kier alpha value is -2.92. The van der Waals surface area contributed by atoms with Crippen molar-refractivity contribution in [3.8, 4) is 6.01 Å². The van der Waals surface area contributed by atoms with Crippen molar-refractivity contribution in [3.63, 3.8) is 0 Å². The second-order valence-corrected chi connectivity index (χ2v) is 8.29. The lowest BCUT2D eigenvalue weighted by Crippen LogP contribution is -2.37. The minimum atomic E-state index is -3.93. The van der Waals surface area contributed by atoms with Crippen molar-refractivity contribution in [1.29, 1.82) is 0 Å². The van der Waals surface area contributed by atoms with E-state index in [4.69, 9.17) is 8.92 Å². The van der Waals surface area contributed by atoms with E-state index in [0.29, 0.717) is 0 Å². The summed E-state index contributed by atoms with van der Waals surface area (Å²) in [5.74, 6) is 0. The van der Waals surface area contributed by atoms with E-state index in [-0.39, 0.29) is 35.2 Å². The number of imidazole rings is 1. The molecule has 0 aliphatic carbocycles. The highest BCUT2D eigenvalue weighted by Gasteiger charge is 2.31. The van der Waals surface area contributed by atoms with Crippen molar-refractivity contribution < 1.29 is 17.3 Å². The summed E-state index contributed by atoms with van der Waals surface area (Å²) in [5.41, 5.74) is 0.400. The number of benzene rings is 1. The van der Waals surface area contributed by atoms with Crippen LogP contribution in [0.4, 0.5) is 0 Å². The van der Waals surface area contributed by atoms with Crippen molar-refractivity contribution in [3.05, 3.63) is 50.7 Å². The molecule has 0 saturated heterocycles. The van der Waals surface area contributed by atoms with Crippen molar-refractivity contribution in [2.45, 2.75) is 24.5 Å². The van der Waals surface area contributed by atoms with Gasteiger partial charge in [0.15, 0.2) is 11.2 Å². The van der Waals surface area contributed by atoms with Gasteiger partial charge < -0.3 is 4.74 Å². The smallest absolute Gasteiger partial charge is 0.332 e. The highest BCUT2D eigenvalue weighted by Crippen LogP contribution is 2.26. The van der Waals surface area contributed by atoms with Crippen LogP contribution in [0.25, 0.3) is 11.2 Å². The molecule has 3 aromatic rings. The zero-order valence-electron chi connectivity index (χ0n) is 15.4. The Bertz CT molecular complexity index is 1300. The van der Waals surface area contributed by atoms with Gasteiger partial charge in [-0.25, -0.2) is 4.79 Å². The van der Waals surface area contributed by atoms with Gasteiger partial charge in [0.25, 0.3) is 21.7 Å². The first kappa shape index (κ1) is 18.4. The molecule has 2 aromatic heterocycles. The fourth-order valence-corrected chi connectivity index (χ4v) is 4.04. The van der Waals surface area contributed by atoms with Gasteiger partial charge in [0, 0.05) is 14.1 Å². The predicted molar refractivity (Wildman–Crippen MR) is 98.9 cm³/mol. The number of hydrogen-bond donors (Lipinski definition) is 0. The molecule has 1 atom stereocenters. The van der Waals surface area contributed by atoms with Gasteiger partial charge in [0.05, 0.1) is 11.4 Å². The van der Waals surface area contributed by atoms with Crippen molar-refractivity contribution in [2.75, 3.05) is 6.61 Å². The van der Waals surface area contributed by atoms with Crippen LogP contribution in [0.2, 0.25) is 0 Å². The van der Waals surface area contributed by atoms with Gasteiger partial charge in [0.1, 0.15) is 12.7 Å². The SMILES string of the molecule is Cc1ccc(S(=O)(=O)OCC2Cn3c(nc4c3c(=O)n(C)c(=O)n4C)O2)cc1. The largest absolute Gasteiger partial charge is 0.457 e. The fraction of sp³-hybridized carbons (Fsp3) is 0.353. The van der Waals surface area contributed by atoms with Gasteiger partial charge >= 0.3 is 5.69 Å². The molecule has 3 heterocycles. The highest BCUT2D eigenvalue weighted by molar-refractivity contribution is 7.86. The maximum atomic E-state index is 12.5. The van der Waals surface area contributed by atoms with Crippen molar-refractivity contribution >= 4 is 21.3 Å². The molecule has 28 heavy (non-hydrogen) atoms. The first-order chi connectivity index (χ1) is 13.2. The van der Waals surface area contributed by atoms with E-state index in [2.05, 4.69) is 4.98 Å². The van der Waals surface area contributed by atoms with Crippen LogP contribution in [0, 0.1) is 6.92 Å². The molecule has 4 rings (SSSR count). The third-order valence-corrected chi connectivity index (χ3v) is 5.99. The van der Waals surface area contributed by atoms with Gasteiger partial charge in [-0.2, -0.15) is 13.4 Å². The van der Waals surface area contributed by atoms with Gasteiger partial charge in [0.2, 0.25) is 0 Å². The van der Waals surface area contributed by atoms with Gasteiger partial charge in [-0.3, -0.25) is 22.7 Å². The number of rotatable bonds is 4. The maximum Gasteiger partial charge on any atom is 0.332 e. The number of aromatic nitrogens is 4. The van der Waals surface area contributed by atoms with Crippen LogP contribution in [-0.4, -0.2) is 39.8 Å². The molecule has 148 valence electrons. The molecule has 0 N–H and O–H groups in total. The predicted octanol–water partition coefficient (Wildman–Crippen LogP) is -0.0914. The molecule has 0 spiro atoms. The summed E-state index contributed by atoms with van der Waals surface area (Å²) >= 11 is 0. The molecule has 0 amide bonds. The topological polar surface area (TPSA) is 114 Å². The summed E-state index contributed by atoms with van der Waals surface area (Å²) in [6.07, 6.45) is -0.630. The second kappa shape index (κ2) is 6.31. The summed E-state index contributed by atoms with van der Waals surface area (Å²) in [4.78, 5) is 28.7. The molecule has 1 aliphatic rings. The summed E-state index contributed by atoms with van der Waals surface area (Å²) in [7, 11) is -1.03. The molecule has 1 aliphatic heterocycles. The van der Waals surface area contributed by atoms with Gasteiger partial charge in [-0.1, -0.05) is 17.7 Å². The second-order valence-electron chi connectivity index (χ2n) is 6.67. The van der Waals surface area contributed by atoms with Crippen LogP contribution < -0.4 is 16.0 Å². The van der Waals surface area contributed by atoms with Crippen LogP contribution in [-0.2, 0) is 34.9 Å². The number of nitrogens with zero attached hydrogens (tertiary/aromatic N) is 4. The van der Waals surface area contributed by atoms with Crippen LogP contribution in [0.1, 0.15) is 5.56 Å². The Morgan fingerprint density at radius 3 is 2.54 bits per heavy atom. The van der Waals surface area contributed by atoms with Crippen molar-refractivity contribution in [1.82, 2.24) is 18.7 Å². The zero-order chi connectivity index (χ0) is 20.2. The average Bonchev–Trinajstić information content (AvgIpc) is 3.21. The quantitative estimate of drug-likeness (QED) is 0.556. The highest BCUT2D eigenvalue weighted by atomic mass is 32.2. The third-order valence-electron chi connectivity index (χ3n) is 4.69. The summed E-state index contributed by atoms with van der Waals surface area (Å²) in [5, 5.41) is 0. The maximum absolute atomic E-state index is 12.5. The van der Waals surface area contributed by atoms with E-state index in [9.17, 15) is 18.0 Å². The number of fused-ring (bicyclic) bond motifs is 3. The van der Waals surface area contributed by atoms with Crippen LogP contribution in [0.3, 0.4) is 0 Å². The Labute approximate surface area is 159 Å². The lowest BCUT2D eigenvalue weighted by atomic mass is 10.2. The number of ether oxygens (including phenoxy) is 1. The zero-order valence-corrected chi connectivity index (χ0v) is 16.3. The molecule has 0 fully saturated rings. The Morgan fingerprint density at radius 2 is 1.86 bits per heavy atom. The summed E-state index contributed by atoms with van der Waals surface area (Å²) in [6, 6.07) is 6.47. The molecule has 1 unspecified atom stereocenters. The van der Waals surface area contributed by atoms with E-state index >= 15 is 0 Å². The van der Waals surface area contributed by atoms with Crippen LogP contribution in [0.15, 0.2) is 38.8 Å². The minimum Gasteiger partial charge on any atom is -0.457 e. The molecular weight excluding hydrogens is 388 g/mol. The lowest BCUT2D eigenvalue weighted by Gasteiger charge is -2.11. The number of aryl methyl sites for hydroxylation is 2. The summed E-state index contributed by atoms with van der Waals surface area (Å²) < 4.78 is 39.2. The molecule has 11 heteroatoms. The number of hydrogen-bond acceptors (Lipinski definition) is 7. The minimum absolute atomic E-state index is 0.0585. The standard InChI is InChI=1S/C17H18N4O6S/c1-10-4-6-12(7-5-10)28(24,25)26-9-11-8-21-13-14(18-16(21)27-11)19(2)17(23)20(3)15(13)22/h4-7,11H,8-9H2,1-3H3. The Balaban J connectivity index is 1.57. The first-order valence-electron chi connectivity index (χ1n) is 8.48. The van der Waals surface area contributed by atoms with E-state index in [1.165, 1.54) is 35.4 Å². The Morgan fingerprint density at radius 1 is 1.18 bits per heavy atom. The molecular formula is C17H18N4O6S. The summed E-state index contributed by atoms with van der Waals surface area (Å²) in [6.45, 7) is 1.81. The molecule has 0 bridgehead atoms. The lowest BCUT2D eigenvalue weighted by molar-refractivity contribution is 0.147. The van der Waals surface area contributed by atoms with Crippen molar-refractivity contribution in [2.24, 2.45) is 14.1 Å². The fourth-order valence-electron chi connectivity index (χ4n) is 3.10. The van der Waals surface area contributed by atoms with E-state index in [0.717, 1.165) is 10.1 Å². The van der Waals surface area contributed by atoms with E-state index in [1.54, 1.807) is 12.1 Å². The average molecular weight is 406 g/mol. The van der Waals surface area contributed by atoms with Crippen LogP contribution in [0.5, 0.6) is 6.01 Å². The molecule has 10 nitrogen and oxygen atoms in total. The molecule has 0 saturated carbocycles. The van der Waals surface area contributed by atoms with Gasteiger partial charge in [-0.05, 0) is 19.1 Å². The van der Waals surface area contributed by atoms with E-state index < -0.39 is 27.5 Å². The molecule has 1 aromatic carbocycles. The van der Waals surface area contributed by atoms with Gasteiger partial charge in [-0.15, -0.1) is 0 Å². The monoisotopic (exact) mass is 406 g/mol. The van der Waals surface area contributed by atoms with E-state index in [1.807, 2.05) is 6.92 Å². The normalized spacial score (nSPS) is 16.3. The molecule has 0 radical (unpaired) electrons. The van der Waals surface area contributed by atoms with Crippen LogP contribution >= 0.6 is 0 Å².